The van der Waals surface area contributed by atoms with Crippen LogP contribution in [0.1, 0.15) is 58.4 Å². The van der Waals surface area contributed by atoms with E-state index >= 15 is 0 Å². The van der Waals surface area contributed by atoms with Crippen LogP contribution in [-0.4, -0.2) is 39.8 Å². The number of alkyl halides is 3. The van der Waals surface area contributed by atoms with Crippen LogP contribution in [0.3, 0.4) is 0 Å². The SMILES string of the molecule is CCC(C)(C)C1CCC2(CC1)NC(=O)N(CC(=O)NNc1ccc(C(F)(F)F)cc1[N+](=O)[O-])C2=O. The number of benzene rings is 1. The molecule has 1 aromatic carbocycles. The van der Waals surface area contributed by atoms with Crippen molar-refractivity contribution in [2.45, 2.75) is 64.6 Å². The molecule has 35 heavy (non-hydrogen) atoms. The van der Waals surface area contributed by atoms with Crippen molar-refractivity contribution in [1.82, 2.24) is 15.6 Å². The fourth-order valence-corrected chi connectivity index (χ4v) is 4.62. The normalized spacial score (nSPS) is 22.8. The van der Waals surface area contributed by atoms with Crippen LogP contribution in [0.4, 0.5) is 29.3 Å². The smallest absolute Gasteiger partial charge is 0.323 e. The van der Waals surface area contributed by atoms with E-state index in [0.29, 0.717) is 30.9 Å². The summed E-state index contributed by atoms with van der Waals surface area (Å²) in [5, 5.41) is 13.9. The highest BCUT2D eigenvalue weighted by atomic mass is 19.4. The van der Waals surface area contributed by atoms with Crippen molar-refractivity contribution in [1.29, 1.82) is 0 Å². The Morgan fingerprint density at radius 1 is 1.26 bits per heavy atom. The van der Waals surface area contributed by atoms with Crippen LogP contribution >= 0.6 is 0 Å². The molecule has 2 aliphatic rings. The summed E-state index contributed by atoms with van der Waals surface area (Å²) < 4.78 is 38.5. The maximum Gasteiger partial charge on any atom is 0.416 e. The van der Waals surface area contributed by atoms with Gasteiger partial charge in [-0.3, -0.25) is 35.5 Å². The van der Waals surface area contributed by atoms with Gasteiger partial charge in [-0.15, -0.1) is 0 Å². The molecule has 3 rings (SSSR count). The van der Waals surface area contributed by atoms with E-state index in [4.69, 9.17) is 0 Å². The second-order valence-electron chi connectivity index (χ2n) is 9.68. The Hall–Kier alpha value is -3.38. The quantitative estimate of drug-likeness (QED) is 0.295. The second-order valence-corrected chi connectivity index (χ2v) is 9.68. The molecule has 1 saturated carbocycles. The van der Waals surface area contributed by atoms with Gasteiger partial charge in [0, 0.05) is 6.07 Å². The number of anilines is 1. The molecule has 0 unspecified atom stereocenters. The zero-order valence-electron chi connectivity index (χ0n) is 19.6. The van der Waals surface area contributed by atoms with E-state index in [9.17, 15) is 37.7 Å². The van der Waals surface area contributed by atoms with Gasteiger partial charge in [-0.1, -0.05) is 27.2 Å². The molecule has 1 spiro atoms. The average Bonchev–Trinajstić information content (AvgIpc) is 3.01. The van der Waals surface area contributed by atoms with Crippen molar-refractivity contribution < 1.29 is 32.5 Å². The number of hydrogen-bond donors (Lipinski definition) is 3. The Bertz CT molecular complexity index is 1030. The average molecular weight is 499 g/mol. The highest BCUT2D eigenvalue weighted by Crippen LogP contribution is 2.45. The van der Waals surface area contributed by atoms with Crippen molar-refractivity contribution in [2.24, 2.45) is 11.3 Å². The van der Waals surface area contributed by atoms with Gasteiger partial charge in [0.15, 0.2) is 0 Å². The third kappa shape index (κ3) is 5.33. The lowest BCUT2D eigenvalue weighted by atomic mass is 9.65. The number of amides is 4. The molecule has 1 aliphatic heterocycles. The van der Waals surface area contributed by atoms with Gasteiger partial charge in [-0.05, 0) is 49.1 Å². The lowest BCUT2D eigenvalue weighted by Crippen LogP contribution is -2.51. The molecule has 4 amide bonds. The lowest BCUT2D eigenvalue weighted by molar-refractivity contribution is -0.384. The Morgan fingerprint density at radius 3 is 2.43 bits per heavy atom. The molecule has 1 aliphatic carbocycles. The van der Waals surface area contributed by atoms with E-state index in [2.05, 4.69) is 36.9 Å². The number of urea groups is 1. The van der Waals surface area contributed by atoms with Crippen LogP contribution in [0, 0.1) is 21.4 Å². The molecule has 2 fully saturated rings. The molecule has 13 heteroatoms. The van der Waals surface area contributed by atoms with Crippen LogP contribution in [0.15, 0.2) is 18.2 Å². The van der Waals surface area contributed by atoms with Gasteiger partial charge in [0.1, 0.15) is 17.8 Å². The third-order valence-electron chi connectivity index (χ3n) is 7.26. The van der Waals surface area contributed by atoms with E-state index in [-0.39, 0.29) is 11.1 Å². The van der Waals surface area contributed by atoms with Gasteiger partial charge in [0.25, 0.3) is 17.5 Å². The second kappa shape index (κ2) is 9.34. The number of nitro benzene ring substituents is 1. The summed E-state index contributed by atoms with van der Waals surface area (Å²) in [7, 11) is 0. The number of nitro groups is 1. The number of carbonyl (C=O) groups is 3. The number of nitrogens with one attached hydrogen (secondary N) is 3. The van der Waals surface area contributed by atoms with Crippen LogP contribution in [-0.2, 0) is 15.8 Å². The fraction of sp³-hybridized carbons (Fsp3) is 0.591. The van der Waals surface area contributed by atoms with E-state index in [1.165, 1.54) is 0 Å². The zero-order valence-corrected chi connectivity index (χ0v) is 19.6. The zero-order chi connectivity index (χ0) is 26.2. The summed E-state index contributed by atoms with van der Waals surface area (Å²) in [5.74, 6) is -0.977. The van der Waals surface area contributed by atoms with Crippen LogP contribution in [0.5, 0.6) is 0 Å². The maximum absolute atomic E-state index is 13.0. The highest BCUT2D eigenvalue weighted by molar-refractivity contribution is 6.09. The van der Waals surface area contributed by atoms with E-state index in [0.717, 1.165) is 30.2 Å². The van der Waals surface area contributed by atoms with Gasteiger partial charge in [0.05, 0.1) is 10.5 Å². The highest BCUT2D eigenvalue weighted by Gasteiger charge is 2.53. The van der Waals surface area contributed by atoms with Gasteiger partial charge in [-0.2, -0.15) is 13.2 Å². The van der Waals surface area contributed by atoms with Gasteiger partial charge in [-0.25, -0.2) is 4.79 Å². The Kier molecular flexibility index (Phi) is 7.00. The van der Waals surface area contributed by atoms with Crippen molar-refractivity contribution >= 4 is 29.2 Å². The van der Waals surface area contributed by atoms with E-state index in [1.807, 2.05) is 0 Å². The largest absolute Gasteiger partial charge is 0.416 e. The first-order chi connectivity index (χ1) is 16.2. The van der Waals surface area contributed by atoms with Crippen molar-refractivity contribution in [3.05, 3.63) is 33.9 Å². The Labute approximate surface area is 199 Å². The first-order valence-electron chi connectivity index (χ1n) is 11.2. The maximum atomic E-state index is 13.0. The van der Waals surface area contributed by atoms with Gasteiger partial charge in [0.2, 0.25) is 0 Å². The molecule has 1 saturated heterocycles. The van der Waals surface area contributed by atoms with Crippen molar-refractivity contribution in [3.8, 4) is 0 Å². The van der Waals surface area contributed by atoms with Crippen molar-refractivity contribution in [2.75, 3.05) is 12.0 Å². The first-order valence-corrected chi connectivity index (χ1v) is 11.2. The number of hydrogen-bond acceptors (Lipinski definition) is 6. The number of hydrazine groups is 1. The minimum absolute atomic E-state index is 0.111. The van der Waals surface area contributed by atoms with Crippen LogP contribution in [0.2, 0.25) is 0 Å². The minimum atomic E-state index is -4.78. The Morgan fingerprint density at radius 2 is 1.89 bits per heavy atom. The Balaban J connectivity index is 1.63. The topological polar surface area (TPSA) is 134 Å². The van der Waals surface area contributed by atoms with Crippen molar-refractivity contribution in [3.63, 3.8) is 0 Å². The summed E-state index contributed by atoms with van der Waals surface area (Å²) in [6.07, 6.45) is -1.36. The van der Waals surface area contributed by atoms with Crippen LogP contribution in [0.25, 0.3) is 0 Å². The predicted molar refractivity (Wildman–Crippen MR) is 119 cm³/mol. The van der Waals surface area contributed by atoms with Crippen LogP contribution < -0.4 is 16.2 Å². The van der Waals surface area contributed by atoms with E-state index < -0.39 is 52.3 Å². The molecule has 0 radical (unpaired) electrons. The number of halogens is 3. The number of carbonyl (C=O) groups excluding carboxylic acids is 3. The number of rotatable bonds is 7. The fourth-order valence-electron chi connectivity index (χ4n) is 4.62. The lowest BCUT2D eigenvalue weighted by Gasteiger charge is -2.42. The summed E-state index contributed by atoms with van der Waals surface area (Å²) in [4.78, 5) is 48.8. The minimum Gasteiger partial charge on any atom is -0.323 e. The standard InChI is InChI=1S/C22H28F3N5O5/c1-4-20(2,3)13-7-9-21(10-8-13)18(32)29(19(33)26-21)12-17(31)28-27-15-6-5-14(22(23,24)25)11-16(15)30(34)35/h5-6,11,13,27H,4,7-10,12H2,1-3H3,(H,26,33)(H,28,31). The molecule has 192 valence electrons. The van der Waals surface area contributed by atoms with Gasteiger partial charge < -0.3 is 5.32 Å². The monoisotopic (exact) mass is 499 g/mol. The third-order valence-corrected chi connectivity index (χ3v) is 7.26. The van der Waals surface area contributed by atoms with E-state index in [1.54, 1.807) is 0 Å². The van der Waals surface area contributed by atoms with Gasteiger partial charge >= 0.3 is 12.2 Å². The summed E-state index contributed by atoms with van der Waals surface area (Å²) in [6.45, 7) is 5.81. The predicted octanol–water partition coefficient (Wildman–Crippen LogP) is 3.97. The molecule has 3 N–H and O–H groups in total. The molecular formula is C22H28F3N5O5. The summed E-state index contributed by atoms with van der Waals surface area (Å²) in [6, 6.07) is 1.06. The molecule has 0 bridgehead atoms. The molecule has 10 nitrogen and oxygen atoms in total. The number of nitrogens with zero attached hydrogens (tertiary/aromatic N) is 2. The molecule has 1 heterocycles. The molecule has 1 aromatic rings. The first kappa shape index (κ1) is 26.2. The number of imide groups is 1. The summed E-state index contributed by atoms with van der Waals surface area (Å²) in [5.41, 5.74) is 0.840. The molecule has 0 atom stereocenters. The summed E-state index contributed by atoms with van der Waals surface area (Å²) >= 11 is 0. The molecular weight excluding hydrogens is 471 g/mol. The molecule has 0 aromatic heterocycles.